The highest BCUT2D eigenvalue weighted by molar-refractivity contribution is 5.82. The fourth-order valence-corrected chi connectivity index (χ4v) is 3.77. The Kier molecular flexibility index (Phi) is 6.50. The molecule has 6 nitrogen and oxygen atoms in total. The van der Waals surface area contributed by atoms with Crippen molar-refractivity contribution in [2.45, 2.75) is 39.8 Å². The quantitative estimate of drug-likeness (QED) is 0.600. The molecule has 0 bridgehead atoms. The molecule has 3 rings (SSSR count). The maximum absolute atomic E-state index is 6.10. The third-order valence-corrected chi connectivity index (χ3v) is 6.53. The largest absolute Gasteiger partial charge is 0.492 e. The first-order chi connectivity index (χ1) is 13.3. The minimum absolute atomic E-state index is 0.0863. The average molecular weight is 389 g/mol. The van der Waals surface area contributed by atoms with Gasteiger partial charge in [0.15, 0.2) is 5.96 Å². The lowest BCUT2D eigenvalue weighted by atomic mass is 9.65. The Balaban J connectivity index is 1.54. The zero-order valence-electron chi connectivity index (χ0n) is 18.1. The summed E-state index contributed by atoms with van der Waals surface area (Å²) in [6.45, 7) is 16.2. The van der Waals surface area contributed by atoms with E-state index in [1.54, 1.807) is 0 Å². The molecule has 2 aliphatic heterocycles. The molecule has 0 aromatic heterocycles. The summed E-state index contributed by atoms with van der Waals surface area (Å²) in [4.78, 5) is 9.26. The van der Waals surface area contributed by atoms with Crippen LogP contribution in [0, 0.1) is 5.41 Å². The van der Waals surface area contributed by atoms with Crippen molar-refractivity contribution in [3.63, 3.8) is 0 Å². The van der Waals surface area contributed by atoms with Gasteiger partial charge in [0.2, 0.25) is 0 Å². The third-order valence-electron chi connectivity index (χ3n) is 6.53. The Labute approximate surface area is 169 Å². The van der Waals surface area contributed by atoms with E-state index in [0.29, 0.717) is 13.2 Å². The molecule has 2 aliphatic rings. The summed E-state index contributed by atoms with van der Waals surface area (Å²) in [5.74, 6) is 1.90. The molecule has 156 valence electrons. The van der Waals surface area contributed by atoms with E-state index in [1.807, 2.05) is 13.1 Å². The van der Waals surface area contributed by atoms with Crippen LogP contribution in [-0.4, -0.2) is 74.3 Å². The van der Waals surface area contributed by atoms with Gasteiger partial charge < -0.3 is 19.7 Å². The van der Waals surface area contributed by atoms with Gasteiger partial charge in [0.25, 0.3) is 0 Å². The van der Waals surface area contributed by atoms with Gasteiger partial charge in [-0.2, -0.15) is 0 Å². The van der Waals surface area contributed by atoms with Crippen LogP contribution < -0.4 is 10.1 Å². The van der Waals surface area contributed by atoms with Crippen LogP contribution in [0.2, 0.25) is 0 Å². The van der Waals surface area contributed by atoms with Gasteiger partial charge in [0, 0.05) is 56.3 Å². The molecule has 28 heavy (non-hydrogen) atoms. The molecule has 2 fully saturated rings. The van der Waals surface area contributed by atoms with Crippen molar-refractivity contribution in [3.8, 4) is 5.75 Å². The highest BCUT2D eigenvalue weighted by Gasteiger charge is 2.53. The highest BCUT2D eigenvalue weighted by atomic mass is 16.5. The fourth-order valence-electron chi connectivity index (χ4n) is 3.77. The van der Waals surface area contributed by atoms with Crippen LogP contribution in [0.4, 0.5) is 0 Å². The zero-order chi connectivity index (χ0) is 20.2. The van der Waals surface area contributed by atoms with Crippen molar-refractivity contribution in [2.24, 2.45) is 10.4 Å². The number of hydrogen-bond donors (Lipinski definition) is 1. The molecule has 0 spiro atoms. The summed E-state index contributed by atoms with van der Waals surface area (Å²) in [6, 6.07) is 8.26. The lowest BCUT2D eigenvalue weighted by Gasteiger charge is -2.62. The molecule has 0 radical (unpaired) electrons. The predicted octanol–water partition coefficient (Wildman–Crippen LogP) is 2.59. The van der Waals surface area contributed by atoms with E-state index in [2.05, 4.69) is 66.0 Å². The van der Waals surface area contributed by atoms with E-state index in [9.17, 15) is 0 Å². The zero-order valence-corrected chi connectivity index (χ0v) is 18.1. The van der Waals surface area contributed by atoms with E-state index >= 15 is 0 Å². The van der Waals surface area contributed by atoms with Gasteiger partial charge in [-0.15, -0.1) is 0 Å². The number of nitrogens with zero attached hydrogens (tertiary/aromatic N) is 3. The van der Waals surface area contributed by atoms with Crippen LogP contribution in [0.3, 0.4) is 0 Å². The van der Waals surface area contributed by atoms with Crippen molar-refractivity contribution in [1.29, 1.82) is 0 Å². The Morgan fingerprint density at radius 3 is 2.54 bits per heavy atom. The van der Waals surface area contributed by atoms with Crippen LogP contribution in [0.5, 0.6) is 5.75 Å². The van der Waals surface area contributed by atoms with Gasteiger partial charge in [0.1, 0.15) is 12.4 Å². The number of morpholine rings is 1. The molecule has 1 aromatic rings. The molecule has 0 saturated carbocycles. The van der Waals surface area contributed by atoms with Crippen molar-refractivity contribution in [2.75, 3.05) is 53.0 Å². The molecular formula is C22H36N4O2. The average Bonchev–Trinajstić information content (AvgIpc) is 2.69. The molecule has 0 amide bonds. The molecule has 2 heterocycles. The number of likely N-dealkylation sites (tertiary alicyclic amines) is 1. The van der Waals surface area contributed by atoms with Crippen molar-refractivity contribution < 1.29 is 9.47 Å². The second-order valence-electron chi connectivity index (χ2n) is 8.84. The van der Waals surface area contributed by atoms with Crippen LogP contribution in [0.1, 0.15) is 33.3 Å². The summed E-state index contributed by atoms with van der Waals surface area (Å²) in [6.07, 6.45) is 0. The Hall–Kier alpha value is -1.79. The smallest absolute Gasteiger partial charge is 0.194 e. The molecule has 6 heteroatoms. The Bertz CT molecular complexity index is 681. The van der Waals surface area contributed by atoms with E-state index < -0.39 is 0 Å². The van der Waals surface area contributed by atoms with Crippen molar-refractivity contribution in [3.05, 3.63) is 29.8 Å². The summed E-state index contributed by atoms with van der Waals surface area (Å²) in [5.41, 5.74) is 1.52. The van der Waals surface area contributed by atoms with Gasteiger partial charge in [0.05, 0.1) is 13.2 Å². The van der Waals surface area contributed by atoms with Crippen LogP contribution in [0.15, 0.2) is 29.3 Å². The monoisotopic (exact) mass is 388 g/mol. The standard InChI is InChI=1S/C22H36N4O2/c1-21(2)17-26(22(21,3)4)20(23-5)24-16-18-8-6-7-9-19(18)28-15-12-25-10-13-27-14-11-25/h6-9H,10-17H2,1-5H3,(H,23,24). The van der Waals surface area contributed by atoms with Gasteiger partial charge >= 0.3 is 0 Å². The molecular weight excluding hydrogens is 352 g/mol. The molecule has 1 N–H and O–H groups in total. The van der Waals surface area contributed by atoms with Crippen LogP contribution in [0.25, 0.3) is 0 Å². The first-order valence-electron chi connectivity index (χ1n) is 10.3. The maximum Gasteiger partial charge on any atom is 0.194 e. The topological polar surface area (TPSA) is 49.3 Å². The van der Waals surface area contributed by atoms with Gasteiger partial charge in [-0.05, 0) is 19.9 Å². The van der Waals surface area contributed by atoms with E-state index in [0.717, 1.165) is 56.7 Å². The van der Waals surface area contributed by atoms with Gasteiger partial charge in [-0.25, -0.2) is 0 Å². The minimum Gasteiger partial charge on any atom is -0.492 e. The fraction of sp³-hybridized carbons (Fsp3) is 0.682. The van der Waals surface area contributed by atoms with E-state index in [1.165, 1.54) is 0 Å². The predicted molar refractivity (Wildman–Crippen MR) is 114 cm³/mol. The lowest BCUT2D eigenvalue weighted by molar-refractivity contribution is -0.0668. The molecule has 0 atom stereocenters. The number of nitrogens with one attached hydrogen (secondary N) is 1. The number of hydrogen-bond acceptors (Lipinski definition) is 4. The van der Waals surface area contributed by atoms with Crippen LogP contribution in [-0.2, 0) is 11.3 Å². The normalized spacial score (nSPS) is 21.9. The number of para-hydroxylation sites is 1. The Morgan fingerprint density at radius 2 is 1.89 bits per heavy atom. The summed E-state index contributed by atoms with van der Waals surface area (Å²) in [5, 5.41) is 3.53. The summed E-state index contributed by atoms with van der Waals surface area (Å²) in [7, 11) is 1.86. The number of rotatable bonds is 6. The molecule has 0 unspecified atom stereocenters. The number of aliphatic imine (C=N–C) groups is 1. The highest BCUT2D eigenvalue weighted by Crippen LogP contribution is 2.46. The molecule has 0 aliphatic carbocycles. The maximum atomic E-state index is 6.10. The molecule has 1 aromatic carbocycles. The third kappa shape index (κ3) is 4.44. The van der Waals surface area contributed by atoms with E-state index in [4.69, 9.17) is 9.47 Å². The second-order valence-corrected chi connectivity index (χ2v) is 8.84. The lowest BCUT2D eigenvalue weighted by Crippen LogP contribution is -2.72. The number of benzene rings is 1. The molecule has 2 saturated heterocycles. The second kappa shape index (κ2) is 8.70. The minimum atomic E-state index is 0.0863. The van der Waals surface area contributed by atoms with Gasteiger partial charge in [-0.3, -0.25) is 9.89 Å². The van der Waals surface area contributed by atoms with Gasteiger partial charge in [-0.1, -0.05) is 32.0 Å². The summed E-state index contributed by atoms with van der Waals surface area (Å²) >= 11 is 0. The Morgan fingerprint density at radius 1 is 1.18 bits per heavy atom. The first kappa shape index (κ1) is 20.9. The summed E-state index contributed by atoms with van der Waals surface area (Å²) < 4.78 is 11.5. The van der Waals surface area contributed by atoms with Crippen molar-refractivity contribution >= 4 is 5.96 Å². The number of ether oxygens (including phenoxy) is 2. The SMILES string of the molecule is CN=C(NCc1ccccc1OCCN1CCOCC1)N1CC(C)(C)C1(C)C. The van der Waals surface area contributed by atoms with E-state index in [-0.39, 0.29) is 11.0 Å². The van der Waals surface area contributed by atoms with Crippen molar-refractivity contribution in [1.82, 2.24) is 15.1 Å². The van der Waals surface area contributed by atoms with Crippen LogP contribution >= 0.6 is 0 Å². The first-order valence-corrected chi connectivity index (χ1v) is 10.3. The number of guanidine groups is 1.